The number of carbonyl (C=O) groups excluding carboxylic acids is 3. The summed E-state index contributed by atoms with van der Waals surface area (Å²) >= 11 is 7.87. The van der Waals surface area contributed by atoms with E-state index in [0.29, 0.717) is 57.8 Å². The van der Waals surface area contributed by atoms with Gasteiger partial charge in [0.2, 0.25) is 5.91 Å². The Hall–Kier alpha value is -3.70. The van der Waals surface area contributed by atoms with Crippen LogP contribution in [0.5, 0.6) is 17.2 Å². The lowest BCUT2D eigenvalue weighted by Crippen LogP contribution is -2.30. The lowest BCUT2D eigenvalue weighted by Gasteiger charge is -2.14. The van der Waals surface area contributed by atoms with E-state index in [9.17, 15) is 14.4 Å². The van der Waals surface area contributed by atoms with Crippen LogP contribution in [0.2, 0.25) is 5.02 Å². The van der Waals surface area contributed by atoms with Gasteiger partial charge >= 0.3 is 6.03 Å². The van der Waals surface area contributed by atoms with Gasteiger partial charge in [-0.25, -0.2) is 4.79 Å². The van der Waals surface area contributed by atoms with Crippen molar-refractivity contribution in [2.75, 3.05) is 30.5 Å². The number of unbranched alkanes of at least 4 members (excludes halogenated alkanes) is 2. The molecule has 0 atom stereocenters. The van der Waals surface area contributed by atoms with Gasteiger partial charge in [0.25, 0.3) is 5.91 Å². The third-order valence-corrected chi connectivity index (χ3v) is 6.94. The Morgan fingerprint density at radius 1 is 1.10 bits per heavy atom. The van der Waals surface area contributed by atoms with E-state index in [1.807, 2.05) is 6.26 Å². The van der Waals surface area contributed by atoms with E-state index >= 15 is 0 Å². The number of nitrogens with two attached hydrogens (primary N) is 1. The molecule has 4 amide bonds. The van der Waals surface area contributed by atoms with Crippen molar-refractivity contribution in [3.05, 3.63) is 53.2 Å². The van der Waals surface area contributed by atoms with Crippen LogP contribution in [0.1, 0.15) is 42.5 Å². The number of benzene rings is 2. The number of urea groups is 1. The Bertz CT molecular complexity index is 1380. The summed E-state index contributed by atoms with van der Waals surface area (Å²) in [6.07, 6.45) is 7.90. The fourth-order valence-electron chi connectivity index (χ4n) is 3.90. The first-order valence-electron chi connectivity index (χ1n) is 13.0. The van der Waals surface area contributed by atoms with Crippen LogP contribution in [0.15, 0.2) is 42.6 Å². The lowest BCUT2D eigenvalue weighted by atomic mass is 10.1. The average molecular weight is 586 g/mol. The van der Waals surface area contributed by atoms with Gasteiger partial charge in [-0.3, -0.25) is 14.6 Å². The van der Waals surface area contributed by atoms with Gasteiger partial charge in [0, 0.05) is 36.3 Å². The molecular formula is C28H32ClN5O5S. The molecule has 1 fully saturated rings. The maximum absolute atomic E-state index is 12.2. The molecule has 1 aromatic heterocycles. The number of primary amides is 1. The summed E-state index contributed by atoms with van der Waals surface area (Å²) in [5.74, 6) is 1.10. The summed E-state index contributed by atoms with van der Waals surface area (Å²) in [4.78, 5) is 40.2. The molecule has 212 valence electrons. The Balaban J connectivity index is 1.39. The second-order valence-corrected chi connectivity index (χ2v) is 10.6. The van der Waals surface area contributed by atoms with Gasteiger partial charge < -0.3 is 31.2 Å². The molecule has 1 heterocycles. The summed E-state index contributed by atoms with van der Waals surface area (Å²) in [5, 5.41) is 9.35. The van der Waals surface area contributed by atoms with Crippen molar-refractivity contribution in [1.82, 2.24) is 15.6 Å². The SMILES string of the molecule is CSCC(=O)NCCCCCOc1cc2nccc(Oc3ccc(NC(=O)NC4CC4)c(Cl)c3)c2cc1C(N)=O. The molecule has 10 nitrogen and oxygen atoms in total. The monoisotopic (exact) mass is 585 g/mol. The minimum absolute atomic E-state index is 0.0344. The number of thioether (sulfide) groups is 1. The van der Waals surface area contributed by atoms with Crippen molar-refractivity contribution in [2.45, 2.75) is 38.1 Å². The van der Waals surface area contributed by atoms with Gasteiger partial charge in [-0.1, -0.05) is 11.6 Å². The molecular weight excluding hydrogens is 554 g/mol. The predicted octanol–water partition coefficient (Wildman–Crippen LogP) is 5.09. The highest BCUT2D eigenvalue weighted by atomic mass is 35.5. The number of ether oxygens (including phenoxy) is 2. The first-order chi connectivity index (χ1) is 19.3. The minimum atomic E-state index is -0.633. The number of carbonyl (C=O) groups is 3. The molecule has 40 heavy (non-hydrogen) atoms. The van der Waals surface area contributed by atoms with Crippen LogP contribution in [0.4, 0.5) is 10.5 Å². The zero-order chi connectivity index (χ0) is 28.5. The van der Waals surface area contributed by atoms with E-state index in [4.69, 9.17) is 26.8 Å². The van der Waals surface area contributed by atoms with E-state index in [1.165, 1.54) is 11.8 Å². The van der Waals surface area contributed by atoms with Gasteiger partial charge in [0.1, 0.15) is 17.2 Å². The second kappa shape index (κ2) is 14.1. The van der Waals surface area contributed by atoms with Crippen LogP contribution in [-0.4, -0.2) is 54.0 Å². The van der Waals surface area contributed by atoms with E-state index in [1.54, 1.807) is 42.6 Å². The normalized spacial score (nSPS) is 12.6. The number of nitrogens with zero attached hydrogens (tertiary/aromatic N) is 1. The molecule has 12 heteroatoms. The van der Waals surface area contributed by atoms with Crippen LogP contribution in [-0.2, 0) is 4.79 Å². The minimum Gasteiger partial charge on any atom is -0.493 e. The smallest absolute Gasteiger partial charge is 0.319 e. The fraction of sp³-hybridized carbons (Fsp3) is 0.357. The fourth-order valence-corrected chi connectivity index (χ4v) is 4.49. The number of pyridine rings is 1. The highest BCUT2D eigenvalue weighted by Gasteiger charge is 2.23. The van der Waals surface area contributed by atoms with E-state index in [-0.39, 0.29) is 23.5 Å². The number of anilines is 1. The first-order valence-corrected chi connectivity index (χ1v) is 14.8. The number of fused-ring (bicyclic) bond motifs is 1. The van der Waals surface area contributed by atoms with Crippen LogP contribution >= 0.6 is 23.4 Å². The molecule has 5 N–H and O–H groups in total. The van der Waals surface area contributed by atoms with Crippen molar-refractivity contribution in [3.63, 3.8) is 0 Å². The zero-order valence-corrected chi connectivity index (χ0v) is 23.7. The van der Waals surface area contributed by atoms with Crippen molar-refractivity contribution < 1.29 is 23.9 Å². The first kappa shape index (κ1) is 29.3. The second-order valence-electron chi connectivity index (χ2n) is 9.35. The lowest BCUT2D eigenvalue weighted by molar-refractivity contribution is -0.118. The third-order valence-electron chi connectivity index (χ3n) is 6.07. The average Bonchev–Trinajstić information content (AvgIpc) is 3.73. The quantitative estimate of drug-likeness (QED) is 0.193. The zero-order valence-electron chi connectivity index (χ0n) is 22.1. The predicted molar refractivity (Wildman–Crippen MR) is 158 cm³/mol. The number of hydrogen-bond acceptors (Lipinski definition) is 7. The van der Waals surface area contributed by atoms with Crippen molar-refractivity contribution in [3.8, 4) is 17.2 Å². The number of nitrogens with one attached hydrogen (secondary N) is 3. The van der Waals surface area contributed by atoms with Crippen molar-refractivity contribution in [1.29, 1.82) is 0 Å². The summed E-state index contributed by atoms with van der Waals surface area (Å²) in [6, 6.07) is 9.83. The highest BCUT2D eigenvalue weighted by molar-refractivity contribution is 7.99. The molecule has 0 bridgehead atoms. The Morgan fingerprint density at radius 2 is 1.93 bits per heavy atom. The maximum atomic E-state index is 12.2. The molecule has 0 saturated heterocycles. The van der Waals surface area contributed by atoms with Crippen molar-refractivity contribution in [2.24, 2.45) is 5.73 Å². The molecule has 1 aliphatic rings. The summed E-state index contributed by atoms with van der Waals surface area (Å²) < 4.78 is 12.0. The molecule has 1 saturated carbocycles. The van der Waals surface area contributed by atoms with Crippen LogP contribution in [0.3, 0.4) is 0 Å². The maximum Gasteiger partial charge on any atom is 0.319 e. The summed E-state index contributed by atoms with van der Waals surface area (Å²) in [7, 11) is 0. The molecule has 3 aromatic rings. The highest BCUT2D eigenvalue weighted by Crippen LogP contribution is 2.35. The van der Waals surface area contributed by atoms with Gasteiger partial charge in [-0.05, 0) is 62.6 Å². The molecule has 0 spiro atoms. The molecule has 2 aromatic carbocycles. The van der Waals surface area contributed by atoms with Crippen LogP contribution < -0.4 is 31.2 Å². The van der Waals surface area contributed by atoms with Crippen molar-refractivity contribution >= 4 is 57.8 Å². The third kappa shape index (κ3) is 8.40. The molecule has 0 aliphatic heterocycles. The Kier molecular flexibility index (Phi) is 10.3. The standard InChI is InChI=1S/C28H32ClN5O5S/c1-40-16-26(35)32-10-3-2-4-12-38-25-15-23-19(14-20(25)27(30)36)24(9-11-31-23)39-18-7-8-22(21(29)13-18)34-28(37)33-17-5-6-17/h7-9,11,13-15,17H,2-6,10,12,16H2,1H3,(H2,30,36)(H,32,35)(H2,33,34,37). The van der Waals surface area contributed by atoms with E-state index in [0.717, 1.165) is 32.1 Å². The number of amides is 4. The largest absolute Gasteiger partial charge is 0.493 e. The summed E-state index contributed by atoms with van der Waals surface area (Å²) in [6.45, 7) is 1.01. The molecule has 0 radical (unpaired) electrons. The molecule has 0 unspecified atom stereocenters. The molecule has 4 rings (SSSR count). The van der Waals surface area contributed by atoms with Crippen LogP contribution in [0, 0.1) is 0 Å². The Morgan fingerprint density at radius 3 is 2.65 bits per heavy atom. The van der Waals surface area contributed by atoms with E-state index in [2.05, 4.69) is 20.9 Å². The number of hydrogen-bond donors (Lipinski definition) is 4. The number of aromatic nitrogens is 1. The van der Waals surface area contributed by atoms with Gasteiger partial charge in [-0.15, -0.1) is 0 Å². The molecule has 1 aliphatic carbocycles. The van der Waals surface area contributed by atoms with Gasteiger partial charge in [0.05, 0.1) is 34.1 Å². The van der Waals surface area contributed by atoms with Gasteiger partial charge in [0.15, 0.2) is 0 Å². The van der Waals surface area contributed by atoms with Crippen LogP contribution in [0.25, 0.3) is 10.9 Å². The van der Waals surface area contributed by atoms with E-state index < -0.39 is 5.91 Å². The number of rotatable bonds is 14. The topological polar surface area (TPSA) is 145 Å². The summed E-state index contributed by atoms with van der Waals surface area (Å²) in [5.41, 5.74) is 6.91. The van der Waals surface area contributed by atoms with Gasteiger partial charge in [-0.2, -0.15) is 11.8 Å². The Labute approximate surface area is 241 Å². The number of halogens is 1.